The third kappa shape index (κ3) is 5.19. The predicted octanol–water partition coefficient (Wildman–Crippen LogP) is -1.39. The van der Waals surface area contributed by atoms with Crippen LogP contribution in [0.25, 0.3) is 22.3 Å². The maximum Gasteiger partial charge on any atom is 0.695 e. The molecular formula is C21H25N10O12P2+. The summed E-state index contributed by atoms with van der Waals surface area (Å²) in [6.07, 6.45) is -2.69. The Morgan fingerprint density at radius 2 is 1.91 bits per heavy atom. The van der Waals surface area contributed by atoms with Gasteiger partial charge in [-0.2, -0.15) is 4.98 Å². The van der Waals surface area contributed by atoms with Gasteiger partial charge in [0.2, 0.25) is 5.95 Å². The second kappa shape index (κ2) is 11.1. The standard InChI is InChI=1S/C21H24N10O12P2/c22-14-10-15(25-5-24-14)30(6-26-10)19-12-13(42-44(34)35)21(41-19,3-38-12)4-39-45(36,37)43-9-1-8(2-32)40-18(9)31-7-27-11-16(31)28-20(23)29-17(11)33/h5-9,12-13,18-19,32H,1-4H2,(H6-,22,23,24,25,28,29,33,34,35,36,37)/p+1/t8-,9?,12?,13?,18+,19+,21+/m0/s1. The van der Waals surface area contributed by atoms with Gasteiger partial charge in [0.05, 0.1) is 38.6 Å². The van der Waals surface area contributed by atoms with E-state index in [1.54, 1.807) is 0 Å². The first-order valence-corrected chi connectivity index (χ1v) is 15.8. The number of hydrogen-bond donors (Lipinski definition) is 6. The molecule has 7 heterocycles. The van der Waals surface area contributed by atoms with Gasteiger partial charge in [-0.15, -0.1) is 9.42 Å². The zero-order valence-electron chi connectivity index (χ0n) is 22.7. The minimum atomic E-state index is -4.96. The molecule has 0 radical (unpaired) electrons. The minimum absolute atomic E-state index is 0.0118. The number of aromatic amines is 1. The molecule has 0 aliphatic carbocycles. The third-order valence-electron chi connectivity index (χ3n) is 7.65. The Labute approximate surface area is 250 Å². The molecule has 0 saturated carbocycles. The van der Waals surface area contributed by atoms with Crippen molar-refractivity contribution in [3.8, 4) is 0 Å². The normalized spacial score (nSPS) is 31.2. The number of aromatic nitrogens is 8. The minimum Gasteiger partial charge on any atom is -0.394 e. The van der Waals surface area contributed by atoms with Crippen molar-refractivity contribution in [3.63, 3.8) is 0 Å². The van der Waals surface area contributed by atoms with Gasteiger partial charge in [-0.3, -0.25) is 28.0 Å². The summed E-state index contributed by atoms with van der Waals surface area (Å²) in [6, 6.07) is 0. The molecule has 9 atom stereocenters. The maximum atomic E-state index is 13.3. The number of phosphoric ester groups is 1. The first-order chi connectivity index (χ1) is 21.5. The molecule has 240 valence electrons. The van der Waals surface area contributed by atoms with Crippen molar-refractivity contribution in [2.45, 2.75) is 48.9 Å². The lowest BCUT2D eigenvalue weighted by atomic mass is 10.0. The number of nitrogens with two attached hydrogens (primary N) is 2. The summed E-state index contributed by atoms with van der Waals surface area (Å²) >= 11 is 0. The number of hydrogen-bond acceptors (Lipinski definition) is 17. The Morgan fingerprint density at radius 3 is 2.67 bits per heavy atom. The highest BCUT2D eigenvalue weighted by Gasteiger charge is 2.67. The molecule has 4 aromatic heterocycles. The summed E-state index contributed by atoms with van der Waals surface area (Å²) in [7, 11) is -8.13. The molecule has 4 aromatic rings. The molecule has 0 aromatic carbocycles. The molecule has 5 unspecified atom stereocenters. The van der Waals surface area contributed by atoms with E-state index in [1.807, 2.05) is 0 Å². The lowest BCUT2D eigenvalue weighted by Crippen LogP contribution is -2.45. The van der Waals surface area contributed by atoms with Gasteiger partial charge in [0.1, 0.15) is 24.1 Å². The van der Waals surface area contributed by atoms with Crippen LogP contribution in [0.15, 0.2) is 23.8 Å². The summed E-state index contributed by atoms with van der Waals surface area (Å²) in [5.74, 6) is -0.0929. The van der Waals surface area contributed by atoms with Crippen molar-refractivity contribution >= 4 is 50.2 Å². The van der Waals surface area contributed by atoms with Crippen LogP contribution in [0.5, 0.6) is 0 Å². The molecule has 3 fully saturated rings. The molecular weight excluding hydrogens is 646 g/mol. The second-order valence-corrected chi connectivity index (χ2v) is 12.5. The van der Waals surface area contributed by atoms with Gasteiger partial charge < -0.3 is 35.7 Å². The lowest BCUT2D eigenvalue weighted by molar-refractivity contribution is -0.184. The van der Waals surface area contributed by atoms with E-state index < -0.39 is 77.3 Å². The van der Waals surface area contributed by atoms with Crippen molar-refractivity contribution in [2.75, 3.05) is 31.3 Å². The number of ether oxygens (including phenoxy) is 3. The summed E-state index contributed by atoms with van der Waals surface area (Å²) in [5, 5.41) is 9.73. The fourth-order valence-corrected chi connectivity index (χ4v) is 7.21. The Balaban J connectivity index is 1.13. The highest BCUT2D eigenvalue weighted by Crippen LogP contribution is 2.54. The van der Waals surface area contributed by atoms with Crippen LogP contribution in [0.1, 0.15) is 18.9 Å². The van der Waals surface area contributed by atoms with Gasteiger partial charge >= 0.3 is 16.1 Å². The first-order valence-electron chi connectivity index (χ1n) is 13.2. The van der Waals surface area contributed by atoms with Gasteiger partial charge in [-0.1, -0.05) is 0 Å². The quantitative estimate of drug-likeness (QED) is 0.106. The van der Waals surface area contributed by atoms with Crippen molar-refractivity contribution < 1.29 is 51.8 Å². The number of aliphatic hydroxyl groups is 1. The smallest absolute Gasteiger partial charge is 0.394 e. The maximum absolute atomic E-state index is 13.3. The molecule has 3 aliphatic rings. The van der Waals surface area contributed by atoms with Gasteiger partial charge in [-0.05, 0) is 0 Å². The average molecular weight is 671 g/mol. The van der Waals surface area contributed by atoms with E-state index in [-0.39, 0.29) is 47.1 Å². The van der Waals surface area contributed by atoms with Gasteiger partial charge in [0.15, 0.2) is 46.8 Å². The molecule has 3 saturated heterocycles. The highest BCUT2D eigenvalue weighted by atomic mass is 31.2. The van der Waals surface area contributed by atoms with E-state index in [9.17, 15) is 28.8 Å². The van der Waals surface area contributed by atoms with Crippen LogP contribution in [0, 0.1) is 0 Å². The van der Waals surface area contributed by atoms with E-state index in [2.05, 4.69) is 29.9 Å². The molecule has 22 nitrogen and oxygen atoms in total. The number of aliphatic hydroxyl groups excluding tert-OH is 1. The Hall–Kier alpha value is -3.53. The van der Waals surface area contributed by atoms with Crippen molar-refractivity contribution in [1.29, 1.82) is 0 Å². The van der Waals surface area contributed by atoms with Crippen molar-refractivity contribution in [2.24, 2.45) is 0 Å². The monoisotopic (exact) mass is 671 g/mol. The number of phosphoric acid groups is 1. The highest BCUT2D eigenvalue weighted by molar-refractivity contribution is 7.47. The fourth-order valence-electron chi connectivity index (χ4n) is 5.72. The van der Waals surface area contributed by atoms with Crippen LogP contribution in [-0.4, -0.2) is 104 Å². The van der Waals surface area contributed by atoms with Crippen molar-refractivity contribution in [1.82, 2.24) is 39.0 Å². The van der Waals surface area contributed by atoms with Crippen LogP contribution in [0.3, 0.4) is 0 Å². The summed E-state index contributed by atoms with van der Waals surface area (Å²) in [6.45, 7) is -1.38. The van der Waals surface area contributed by atoms with E-state index in [0.717, 1.165) is 0 Å². The van der Waals surface area contributed by atoms with Gasteiger partial charge in [-0.25, -0.2) is 24.5 Å². The summed E-state index contributed by atoms with van der Waals surface area (Å²) in [4.78, 5) is 55.3. The lowest BCUT2D eigenvalue weighted by Gasteiger charge is -2.31. The van der Waals surface area contributed by atoms with Crippen LogP contribution < -0.4 is 17.0 Å². The fraction of sp³-hybridized carbons (Fsp3) is 0.524. The molecule has 0 spiro atoms. The summed E-state index contributed by atoms with van der Waals surface area (Å²) < 4.78 is 61.8. The molecule has 0 amide bonds. The zero-order valence-corrected chi connectivity index (χ0v) is 24.5. The summed E-state index contributed by atoms with van der Waals surface area (Å²) in [5.41, 5.74) is 9.79. The molecule has 8 N–H and O–H groups in total. The molecule has 24 heteroatoms. The third-order valence-corrected chi connectivity index (χ3v) is 9.05. The van der Waals surface area contributed by atoms with Gasteiger partial charge in [0, 0.05) is 11.0 Å². The van der Waals surface area contributed by atoms with Crippen LogP contribution in [0.4, 0.5) is 11.8 Å². The van der Waals surface area contributed by atoms with Gasteiger partial charge in [0.25, 0.3) is 5.56 Å². The molecule has 7 rings (SSSR count). The Kier molecular flexibility index (Phi) is 7.41. The number of imidazole rings is 2. The van der Waals surface area contributed by atoms with Crippen LogP contribution >= 0.6 is 16.1 Å². The largest absolute Gasteiger partial charge is 0.695 e. The molecule has 2 bridgehead atoms. The number of anilines is 2. The number of rotatable bonds is 10. The van der Waals surface area contributed by atoms with Crippen LogP contribution in [0.2, 0.25) is 0 Å². The number of H-pyrrole nitrogens is 1. The topological polar surface area (TPSA) is 309 Å². The second-order valence-electron chi connectivity index (χ2n) is 10.4. The first kappa shape index (κ1) is 30.1. The predicted molar refractivity (Wildman–Crippen MR) is 146 cm³/mol. The van der Waals surface area contributed by atoms with E-state index in [1.165, 1.54) is 28.1 Å². The number of nitrogen functional groups attached to an aromatic ring is 2. The number of fused-ring (bicyclic) bond motifs is 4. The SMILES string of the molecule is Nc1nc2c(ncn2[C@@H]2O[C@H](CO)CC2OP(=O)(O)OC[C@]23COC(C2O[P+](=O)O)[C@H](n2cnc4c(N)ncnc42)O3)c(=O)[nH]1. The Bertz CT molecular complexity index is 1900. The number of nitrogens with one attached hydrogen (secondary N) is 1. The Morgan fingerprint density at radius 1 is 1.16 bits per heavy atom. The van der Waals surface area contributed by atoms with Crippen molar-refractivity contribution in [3.05, 3.63) is 29.3 Å². The number of nitrogens with zero attached hydrogens (tertiary/aromatic N) is 7. The molecule has 3 aliphatic heterocycles. The average Bonchev–Trinajstić information content (AvgIpc) is 3.80. The van der Waals surface area contributed by atoms with E-state index in [4.69, 9.17) is 39.2 Å². The molecule has 45 heavy (non-hydrogen) atoms. The van der Waals surface area contributed by atoms with Crippen LogP contribution in [-0.2, 0) is 36.9 Å². The van der Waals surface area contributed by atoms with E-state index >= 15 is 0 Å². The zero-order chi connectivity index (χ0) is 31.7. The van der Waals surface area contributed by atoms with E-state index in [0.29, 0.717) is 0 Å².